The second-order valence-electron chi connectivity index (χ2n) is 5.62. The number of aryl methyl sites for hydroxylation is 2. The molecule has 3 aromatic rings. The SMILES string of the molecule is O=S(=O)(Nc1nnc2n1-c1ccccc1CC2)c1ccc(F)cc1S. The minimum atomic E-state index is -3.98. The van der Waals surface area contributed by atoms with Crippen LogP contribution < -0.4 is 4.72 Å². The van der Waals surface area contributed by atoms with Gasteiger partial charge in [-0.15, -0.1) is 22.8 Å². The largest absolute Gasteiger partial charge is 0.265 e. The van der Waals surface area contributed by atoms with Gasteiger partial charge in [-0.2, -0.15) is 0 Å². The smallest absolute Gasteiger partial charge is 0.264 e. The standard InChI is InChI=1S/C16H13FN4O2S2/c17-11-6-7-14(13(24)9-11)25(22,23)20-16-19-18-15-8-5-10-3-1-2-4-12(10)21(15)16/h1-4,6-7,9,24H,5,8H2,(H,19,20). The molecule has 0 spiro atoms. The highest BCUT2D eigenvalue weighted by atomic mass is 32.2. The second-order valence-corrected chi connectivity index (χ2v) is 7.75. The van der Waals surface area contributed by atoms with Crippen molar-refractivity contribution in [2.45, 2.75) is 22.6 Å². The third kappa shape index (κ3) is 2.79. The number of nitrogens with zero attached hydrogens (tertiary/aromatic N) is 3. The zero-order valence-corrected chi connectivity index (χ0v) is 14.6. The highest BCUT2D eigenvalue weighted by molar-refractivity contribution is 7.93. The molecule has 0 saturated carbocycles. The van der Waals surface area contributed by atoms with Gasteiger partial charge in [0.05, 0.1) is 5.69 Å². The van der Waals surface area contributed by atoms with Crippen molar-refractivity contribution < 1.29 is 12.8 Å². The number of thiol groups is 1. The molecule has 1 aliphatic rings. The maximum Gasteiger partial charge on any atom is 0.265 e. The predicted octanol–water partition coefficient (Wildman–Crippen LogP) is 2.59. The summed E-state index contributed by atoms with van der Waals surface area (Å²) in [6, 6.07) is 11.0. The molecule has 0 aliphatic carbocycles. The summed E-state index contributed by atoms with van der Waals surface area (Å²) in [5.74, 6) is 0.221. The average Bonchev–Trinajstić information content (AvgIpc) is 2.97. The molecule has 2 heterocycles. The monoisotopic (exact) mass is 376 g/mol. The number of benzene rings is 2. The van der Waals surface area contributed by atoms with Gasteiger partial charge in [-0.05, 0) is 36.2 Å². The Hall–Kier alpha value is -2.39. The van der Waals surface area contributed by atoms with Crippen LogP contribution in [0.15, 0.2) is 52.3 Å². The first kappa shape index (κ1) is 16.1. The zero-order chi connectivity index (χ0) is 17.6. The van der Waals surface area contributed by atoms with Crippen molar-refractivity contribution in [1.82, 2.24) is 14.8 Å². The lowest BCUT2D eigenvalue weighted by Gasteiger charge is -2.19. The number of anilines is 1. The molecule has 4 rings (SSSR count). The minimum Gasteiger partial charge on any atom is -0.264 e. The van der Waals surface area contributed by atoms with Gasteiger partial charge in [0.1, 0.15) is 16.5 Å². The molecular formula is C16H13FN4O2S2. The topological polar surface area (TPSA) is 76.9 Å². The van der Waals surface area contributed by atoms with E-state index >= 15 is 0 Å². The van der Waals surface area contributed by atoms with E-state index in [9.17, 15) is 12.8 Å². The first-order valence-electron chi connectivity index (χ1n) is 7.49. The molecule has 2 aromatic carbocycles. The van der Waals surface area contributed by atoms with Gasteiger partial charge >= 0.3 is 0 Å². The number of hydrogen-bond acceptors (Lipinski definition) is 5. The Balaban J connectivity index is 1.77. The van der Waals surface area contributed by atoms with Crippen molar-refractivity contribution in [3.63, 3.8) is 0 Å². The lowest BCUT2D eigenvalue weighted by atomic mass is 10.0. The molecular weight excluding hydrogens is 363 g/mol. The maximum absolute atomic E-state index is 13.2. The lowest BCUT2D eigenvalue weighted by molar-refractivity contribution is 0.595. The van der Waals surface area contributed by atoms with E-state index in [1.165, 1.54) is 6.07 Å². The molecule has 0 saturated heterocycles. The Labute approximate surface area is 149 Å². The fourth-order valence-corrected chi connectivity index (χ4v) is 4.50. The van der Waals surface area contributed by atoms with Crippen molar-refractivity contribution in [3.05, 3.63) is 59.7 Å². The molecule has 0 atom stereocenters. The summed E-state index contributed by atoms with van der Waals surface area (Å²) >= 11 is 4.05. The zero-order valence-electron chi connectivity index (χ0n) is 12.8. The predicted molar refractivity (Wildman–Crippen MR) is 93.2 cm³/mol. The molecule has 0 fully saturated rings. The van der Waals surface area contributed by atoms with Gasteiger partial charge in [0.15, 0.2) is 0 Å². The Morgan fingerprint density at radius 2 is 1.92 bits per heavy atom. The van der Waals surface area contributed by atoms with Gasteiger partial charge in [0.2, 0.25) is 5.95 Å². The summed E-state index contributed by atoms with van der Waals surface area (Å²) in [5.41, 5.74) is 1.93. The van der Waals surface area contributed by atoms with Crippen LogP contribution in [0.4, 0.5) is 10.3 Å². The molecule has 1 aliphatic heterocycles. The summed E-state index contributed by atoms with van der Waals surface area (Å²) in [7, 11) is -3.98. The first-order chi connectivity index (χ1) is 12.0. The number of sulfonamides is 1. The van der Waals surface area contributed by atoms with Crippen LogP contribution >= 0.6 is 12.6 Å². The van der Waals surface area contributed by atoms with Gasteiger partial charge in [-0.1, -0.05) is 18.2 Å². The van der Waals surface area contributed by atoms with Crippen LogP contribution in [-0.2, 0) is 22.9 Å². The summed E-state index contributed by atoms with van der Waals surface area (Å²) < 4.78 is 42.7. The van der Waals surface area contributed by atoms with Gasteiger partial charge in [-0.3, -0.25) is 4.57 Å². The number of nitrogens with one attached hydrogen (secondary N) is 1. The Bertz CT molecular complexity index is 1080. The Morgan fingerprint density at radius 1 is 1.12 bits per heavy atom. The van der Waals surface area contributed by atoms with Crippen LogP contribution in [0.3, 0.4) is 0 Å². The molecule has 1 N–H and O–H groups in total. The van der Waals surface area contributed by atoms with Crippen LogP contribution in [0.2, 0.25) is 0 Å². The average molecular weight is 376 g/mol. The van der Waals surface area contributed by atoms with Crippen molar-refractivity contribution in [2.24, 2.45) is 0 Å². The van der Waals surface area contributed by atoms with E-state index in [0.717, 1.165) is 29.8 Å². The van der Waals surface area contributed by atoms with Gasteiger partial charge in [0, 0.05) is 11.3 Å². The fourth-order valence-electron chi connectivity index (χ4n) is 2.88. The van der Waals surface area contributed by atoms with Crippen molar-refractivity contribution in [1.29, 1.82) is 0 Å². The van der Waals surface area contributed by atoms with E-state index < -0.39 is 15.8 Å². The molecule has 128 valence electrons. The fraction of sp³-hybridized carbons (Fsp3) is 0.125. The highest BCUT2D eigenvalue weighted by Crippen LogP contribution is 2.29. The van der Waals surface area contributed by atoms with Gasteiger partial charge in [-0.25, -0.2) is 17.5 Å². The third-order valence-corrected chi connectivity index (χ3v) is 5.92. The summed E-state index contributed by atoms with van der Waals surface area (Å²) in [4.78, 5) is -0.107. The normalized spacial score (nSPS) is 13.2. The number of para-hydroxylation sites is 1. The van der Waals surface area contributed by atoms with Crippen molar-refractivity contribution in [2.75, 3.05) is 4.72 Å². The van der Waals surface area contributed by atoms with E-state index in [1.807, 2.05) is 24.3 Å². The number of halogens is 1. The van der Waals surface area contributed by atoms with E-state index in [-0.39, 0.29) is 15.7 Å². The quantitative estimate of drug-likeness (QED) is 0.689. The van der Waals surface area contributed by atoms with Crippen molar-refractivity contribution in [3.8, 4) is 5.69 Å². The Kier molecular flexibility index (Phi) is 3.77. The van der Waals surface area contributed by atoms with Crippen molar-refractivity contribution >= 4 is 28.6 Å². The van der Waals surface area contributed by atoms with Crippen LogP contribution in [0.25, 0.3) is 5.69 Å². The Morgan fingerprint density at radius 3 is 2.72 bits per heavy atom. The third-order valence-electron chi connectivity index (χ3n) is 4.02. The molecule has 0 radical (unpaired) electrons. The maximum atomic E-state index is 13.2. The molecule has 6 nitrogen and oxygen atoms in total. The molecule has 0 bridgehead atoms. The second kappa shape index (κ2) is 5.85. The van der Waals surface area contributed by atoms with E-state index in [0.29, 0.717) is 12.2 Å². The first-order valence-corrected chi connectivity index (χ1v) is 9.43. The van der Waals surface area contributed by atoms with Crippen LogP contribution in [0.5, 0.6) is 0 Å². The summed E-state index contributed by atoms with van der Waals surface area (Å²) in [6.07, 6.45) is 1.49. The van der Waals surface area contributed by atoms with Gasteiger partial charge in [0.25, 0.3) is 10.0 Å². The van der Waals surface area contributed by atoms with Crippen LogP contribution in [0, 0.1) is 5.82 Å². The molecule has 1 aromatic heterocycles. The molecule has 0 amide bonds. The molecule has 25 heavy (non-hydrogen) atoms. The van der Waals surface area contributed by atoms with E-state index in [4.69, 9.17) is 0 Å². The van der Waals surface area contributed by atoms with E-state index in [2.05, 4.69) is 27.5 Å². The number of rotatable bonds is 3. The lowest BCUT2D eigenvalue weighted by Crippen LogP contribution is -2.19. The molecule has 9 heteroatoms. The summed E-state index contributed by atoms with van der Waals surface area (Å²) in [5, 5.41) is 8.06. The molecule has 0 unspecified atom stereocenters. The number of aromatic nitrogens is 3. The minimum absolute atomic E-state index is 0.0197. The summed E-state index contributed by atoms with van der Waals surface area (Å²) in [6.45, 7) is 0. The van der Waals surface area contributed by atoms with Gasteiger partial charge < -0.3 is 0 Å². The van der Waals surface area contributed by atoms with E-state index in [1.54, 1.807) is 4.57 Å². The number of hydrogen-bond donors (Lipinski definition) is 2. The number of fused-ring (bicyclic) bond motifs is 3. The van der Waals surface area contributed by atoms with Crippen LogP contribution in [0.1, 0.15) is 11.4 Å². The van der Waals surface area contributed by atoms with Crippen LogP contribution in [-0.4, -0.2) is 23.2 Å². The highest BCUT2D eigenvalue weighted by Gasteiger charge is 2.25.